The van der Waals surface area contributed by atoms with Gasteiger partial charge in [0.2, 0.25) is 0 Å². The zero-order valence-electron chi connectivity index (χ0n) is 19.6. The maximum atomic E-state index is 13.0. The Kier molecular flexibility index (Phi) is 6.00. The summed E-state index contributed by atoms with van der Waals surface area (Å²) in [6.07, 6.45) is 5.71. The summed E-state index contributed by atoms with van der Waals surface area (Å²) in [6.45, 7) is 6.17. The Morgan fingerprint density at radius 1 is 1.18 bits per heavy atom. The lowest BCUT2D eigenvalue weighted by molar-refractivity contribution is 0.0529. The van der Waals surface area contributed by atoms with E-state index in [9.17, 15) is 9.90 Å². The Balaban J connectivity index is 1.63. The average molecular weight is 474 g/mol. The minimum absolute atomic E-state index is 0.147. The minimum Gasteiger partial charge on any atom is -0.507 e. The van der Waals surface area contributed by atoms with Crippen molar-refractivity contribution >= 4 is 39.5 Å². The topological polar surface area (TPSA) is 72.0 Å². The molecule has 0 saturated carbocycles. The van der Waals surface area contributed by atoms with E-state index in [1.54, 1.807) is 19.2 Å². The summed E-state index contributed by atoms with van der Waals surface area (Å²) in [4.78, 5) is 17.7. The van der Waals surface area contributed by atoms with Crippen LogP contribution < -0.4 is 0 Å². The number of thiophene rings is 1. The number of carbonyl (C=O) groups excluding carboxylic acids is 1. The van der Waals surface area contributed by atoms with E-state index in [4.69, 9.17) is 14.1 Å². The number of rotatable bonds is 5. The predicted molar refractivity (Wildman–Crippen MR) is 137 cm³/mol. The maximum absolute atomic E-state index is 13.0. The second kappa shape index (κ2) is 9.11. The molecule has 0 fully saturated rings. The number of carbonyl (C=O) groups is 1. The van der Waals surface area contributed by atoms with Crippen LogP contribution >= 0.6 is 11.3 Å². The number of hydrogen-bond acceptors (Lipinski definition) is 6. The molecule has 5 nitrogen and oxygen atoms in total. The molecule has 0 amide bonds. The number of aromatic hydroxyl groups is 1. The zero-order chi connectivity index (χ0) is 23.8. The van der Waals surface area contributed by atoms with Gasteiger partial charge in [0.25, 0.3) is 0 Å². The number of aliphatic imine (C=N–C) groups is 1. The Morgan fingerprint density at radius 2 is 2.00 bits per heavy atom. The van der Waals surface area contributed by atoms with Gasteiger partial charge in [0.1, 0.15) is 27.7 Å². The number of benzene rings is 2. The molecule has 0 aliphatic heterocycles. The third-order valence-corrected chi connectivity index (χ3v) is 7.26. The van der Waals surface area contributed by atoms with E-state index < -0.39 is 5.97 Å². The Bertz CT molecular complexity index is 1430. The molecule has 174 valence electrons. The summed E-state index contributed by atoms with van der Waals surface area (Å²) in [5.74, 6) is 0.755. The highest BCUT2D eigenvalue weighted by atomic mass is 32.1. The Labute approximate surface area is 202 Å². The van der Waals surface area contributed by atoms with E-state index in [0.717, 1.165) is 64.7 Å². The summed E-state index contributed by atoms with van der Waals surface area (Å²) in [7, 11) is 0. The van der Waals surface area contributed by atoms with Gasteiger partial charge in [0.15, 0.2) is 0 Å². The van der Waals surface area contributed by atoms with Crippen molar-refractivity contribution < 1.29 is 19.1 Å². The summed E-state index contributed by atoms with van der Waals surface area (Å²) in [6, 6.07) is 9.63. The van der Waals surface area contributed by atoms with Crippen LogP contribution in [0.1, 0.15) is 58.1 Å². The molecule has 0 unspecified atom stereocenters. The van der Waals surface area contributed by atoms with Crippen LogP contribution in [0, 0.1) is 13.8 Å². The van der Waals surface area contributed by atoms with E-state index in [1.165, 1.54) is 16.9 Å². The first-order valence-electron chi connectivity index (χ1n) is 11.6. The van der Waals surface area contributed by atoms with E-state index >= 15 is 0 Å². The molecule has 2 aromatic carbocycles. The van der Waals surface area contributed by atoms with Gasteiger partial charge in [-0.15, -0.1) is 11.3 Å². The summed E-state index contributed by atoms with van der Waals surface area (Å²) in [5, 5.41) is 14.1. The molecular formula is C28H27NO4S. The summed E-state index contributed by atoms with van der Waals surface area (Å²) >= 11 is 1.40. The third-order valence-electron chi connectivity index (χ3n) is 6.37. The molecule has 2 heterocycles. The molecule has 1 aliphatic rings. The van der Waals surface area contributed by atoms with Crippen LogP contribution in [0.4, 0.5) is 5.00 Å². The number of phenolic OH excluding ortho intramolecular Hbond substituents is 1. The second-order valence-electron chi connectivity index (χ2n) is 8.71. The lowest BCUT2D eigenvalue weighted by Gasteiger charge is -2.10. The number of aryl methyl sites for hydroxylation is 4. The molecule has 1 aliphatic carbocycles. The first-order chi connectivity index (χ1) is 16.5. The van der Waals surface area contributed by atoms with Gasteiger partial charge in [-0.05, 0) is 63.3 Å². The highest BCUT2D eigenvalue weighted by Gasteiger charge is 2.24. The SMILES string of the molecule is CCOC(=O)c1c(-c2ccc(C)cc2C)csc1/N=C/c1c(O)ccc2oc3c(c12)CCCC3. The molecule has 0 saturated heterocycles. The highest BCUT2D eigenvalue weighted by molar-refractivity contribution is 7.14. The Hall–Kier alpha value is -3.38. The molecule has 4 aromatic rings. The van der Waals surface area contributed by atoms with Gasteiger partial charge < -0.3 is 14.3 Å². The molecule has 34 heavy (non-hydrogen) atoms. The van der Waals surface area contributed by atoms with Gasteiger partial charge in [-0.25, -0.2) is 9.79 Å². The van der Waals surface area contributed by atoms with Gasteiger partial charge in [0, 0.05) is 40.1 Å². The van der Waals surface area contributed by atoms with Gasteiger partial charge in [0.05, 0.1) is 6.61 Å². The molecule has 5 rings (SSSR count). The average Bonchev–Trinajstić information content (AvgIpc) is 3.40. The van der Waals surface area contributed by atoms with Crippen molar-refractivity contribution in [2.24, 2.45) is 4.99 Å². The van der Waals surface area contributed by atoms with Gasteiger partial charge in [-0.3, -0.25) is 0 Å². The molecule has 0 atom stereocenters. The predicted octanol–water partition coefficient (Wildman–Crippen LogP) is 7.29. The van der Waals surface area contributed by atoms with E-state index in [2.05, 4.69) is 6.07 Å². The fourth-order valence-electron chi connectivity index (χ4n) is 4.78. The quantitative estimate of drug-likeness (QED) is 0.244. The lowest BCUT2D eigenvalue weighted by Crippen LogP contribution is -2.05. The van der Waals surface area contributed by atoms with Crippen LogP contribution in [0.15, 0.2) is 45.1 Å². The largest absolute Gasteiger partial charge is 0.507 e. The van der Waals surface area contributed by atoms with Gasteiger partial charge in [-0.2, -0.15) is 0 Å². The first kappa shape index (κ1) is 22.4. The molecular weight excluding hydrogens is 446 g/mol. The van der Waals surface area contributed by atoms with Crippen molar-refractivity contribution in [1.29, 1.82) is 0 Å². The van der Waals surface area contributed by atoms with E-state index in [1.807, 2.05) is 37.4 Å². The van der Waals surface area contributed by atoms with Crippen molar-refractivity contribution in [3.63, 3.8) is 0 Å². The first-order valence-corrected chi connectivity index (χ1v) is 12.5. The lowest BCUT2D eigenvalue weighted by atomic mass is 9.94. The van der Waals surface area contributed by atoms with Crippen molar-refractivity contribution in [2.45, 2.75) is 46.5 Å². The normalized spacial score (nSPS) is 13.5. The zero-order valence-corrected chi connectivity index (χ0v) is 20.4. The van der Waals surface area contributed by atoms with Crippen LogP contribution in [0.3, 0.4) is 0 Å². The molecule has 6 heteroatoms. The summed E-state index contributed by atoms with van der Waals surface area (Å²) < 4.78 is 11.5. The number of furan rings is 1. The van der Waals surface area contributed by atoms with Crippen LogP contribution in [0.5, 0.6) is 5.75 Å². The van der Waals surface area contributed by atoms with Crippen LogP contribution in [-0.2, 0) is 17.6 Å². The van der Waals surface area contributed by atoms with Crippen LogP contribution in [0.2, 0.25) is 0 Å². The fourth-order valence-corrected chi connectivity index (χ4v) is 5.68. The smallest absolute Gasteiger partial charge is 0.341 e. The molecule has 0 bridgehead atoms. The van der Waals surface area contributed by atoms with E-state index in [-0.39, 0.29) is 12.4 Å². The number of nitrogens with zero attached hydrogens (tertiary/aromatic N) is 1. The van der Waals surface area contributed by atoms with Crippen molar-refractivity contribution in [2.75, 3.05) is 6.61 Å². The van der Waals surface area contributed by atoms with Crippen molar-refractivity contribution in [3.8, 4) is 16.9 Å². The fraction of sp³-hybridized carbons (Fsp3) is 0.286. The molecule has 0 spiro atoms. The monoisotopic (exact) mass is 473 g/mol. The second-order valence-corrected chi connectivity index (χ2v) is 9.57. The highest BCUT2D eigenvalue weighted by Crippen LogP contribution is 2.41. The van der Waals surface area contributed by atoms with E-state index in [0.29, 0.717) is 16.1 Å². The van der Waals surface area contributed by atoms with Crippen LogP contribution in [0.25, 0.3) is 22.1 Å². The number of phenols is 1. The molecule has 1 N–H and O–H groups in total. The number of hydrogen-bond donors (Lipinski definition) is 1. The maximum Gasteiger partial charge on any atom is 0.341 e. The summed E-state index contributed by atoms with van der Waals surface area (Å²) in [5.41, 5.74) is 7.06. The standard InChI is InChI=1S/C28H27NO4S/c1-4-32-28(31)26-21(18-10-9-16(2)13-17(18)3)15-34-27(26)29-14-20-22(30)11-12-24-25(20)19-7-5-6-8-23(19)33-24/h9-15,30H,4-8H2,1-3H3/b29-14+. The van der Waals surface area contributed by atoms with Crippen molar-refractivity contribution in [3.05, 3.63) is 69.3 Å². The van der Waals surface area contributed by atoms with Crippen molar-refractivity contribution in [1.82, 2.24) is 0 Å². The minimum atomic E-state index is -0.394. The number of esters is 1. The van der Waals surface area contributed by atoms with Gasteiger partial charge >= 0.3 is 5.97 Å². The third kappa shape index (κ3) is 3.92. The number of ether oxygens (including phenoxy) is 1. The molecule has 2 aromatic heterocycles. The Morgan fingerprint density at radius 3 is 2.79 bits per heavy atom. The number of fused-ring (bicyclic) bond motifs is 3. The molecule has 0 radical (unpaired) electrons. The van der Waals surface area contributed by atoms with Crippen LogP contribution in [-0.4, -0.2) is 23.9 Å². The van der Waals surface area contributed by atoms with Gasteiger partial charge in [-0.1, -0.05) is 23.8 Å².